The van der Waals surface area contributed by atoms with Crippen LogP contribution in [0.5, 0.6) is 0 Å². The highest BCUT2D eigenvalue weighted by molar-refractivity contribution is 6.19. The Hall–Kier alpha value is -3.66. The molecule has 0 atom stereocenters. The van der Waals surface area contributed by atoms with Crippen molar-refractivity contribution in [3.8, 4) is 5.95 Å². The lowest BCUT2D eigenvalue weighted by atomic mass is 10.1. The monoisotopic (exact) mass is 335 g/mol. The number of hydrogen-bond acceptors (Lipinski definition) is 3. The quantitative estimate of drug-likeness (QED) is 0.400. The summed E-state index contributed by atoms with van der Waals surface area (Å²) in [6, 6.07) is 22.5. The van der Waals surface area contributed by atoms with Crippen LogP contribution in [0.1, 0.15) is 0 Å². The first kappa shape index (κ1) is 13.6. The SMILES string of the molecule is c1ccc2nc(-n3c4ccccc4c4c5occc5ccc43)ncc2c1. The van der Waals surface area contributed by atoms with E-state index in [0.717, 1.165) is 43.7 Å². The molecule has 3 aromatic carbocycles. The van der Waals surface area contributed by atoms with Gasteiger partial charge in [-0.3, -0.25) is 4.57 Å². The van der Waals surface area contributed by atoms with Gasteiger partial charge in [0.2, 0.25) is 5.95 Å². The highest BCUT2D eigenvalue weighted by Gasteiger charge is 2.17. The molecule has 0 amide bonds. The predicted octanol–water partition coefficient (Wildman–Crippen LogP) is 5.47. The van der Waals surface area contributed by atoms with Gasteiger partial charge < -0.3 is 4.42 Å². The van der Waals surface area contributed by atoms with Gasteiger partial charge in [0.05, 0.1) is 28.2 Å². The van der Waals surface area contributed by atoms with Gasteiger partial charge >= 0.3 is 0 Å². The molecule has 4 nitrogen and oxygen atoms in total. The van der Waals surface area contributed by atoms with Crippen LogP contribution in [0.15, 0.2) is 83.6 Å². The maximum Gasteiger partial charge on any atom is 0.235 e. The van der Waals surface area contributed by atoms with Crippen molar-refractivity contribution in [2.24, 2.45) is 0 Å². The molecule has 4 heteroatoms. The van der Waals surface area contributed by atoms with E-state index in [1.54, 1.807) is 6.26 Å². The van der Waals surface area contributed by atoms with Gasteiger partial charge in [-0.15, -0.1) is 0 Å². The summed E-state index contributed by atoms with van der Waals surface area (Å²) in [4.78, 5) is 9.45. The minimum Gasteiger partial charge on any atom is -0.464 e. The van der Waals surface area contributed by atoms with Crippen LogP contribution >= 0.6 is 0 Å². The number of aromatic nitrogens is 3. The van der Waals surface area contributed by atoms with E-state index < -0.39 is 0 Å². The molecule has 0 bridgehead atoms. The van der Waals surface area contributed by atoms with Crippen molar-refractivity contribution in [2.45, 2.75) is 0 Å². The average molecular weight is 335 g/mol. The van der Waals surface area contributed by atoms with E-state index in [-0.39, 0.29) is 0 Å². The third-order valence-corrected chi connectivity index (χ3v) is 4.93. The fourth-order valence-electron chi connectivity index (χ4n) is 3.76. The summed E-state index contributed by atoms with van der Waals surface area (Å²) >= 11 is 0. The van der Waals surface area contributed by atoms with Gasteiger partial charge in [0.15, 0.2) is 0 Å². The molecule has 0 aliphatic rings. The first-order valence-corrected chi connectivity index (χ1v) is 8.52. The second kappa shape index (κ2) is 4.92. The molecular weight excluding hydrogens is 322 g/mol. The fourth-order valence-corrected chi connectivity index (χ4v) is 3.76. The van der Waals surface area contributed by atoms with E-state index in [2.05, 4.69) is 39.9 Å². The molecule has 6 aromatic rings. The first-order valence-electron chi connectivity index (χ1n) is 8.52. The van der Waals surface area contributed by atoms with E-state index in [4.69, 9.17) is 9.40 Å². The zero-order chi connectivity index (χ0) is 17.1. The van der Waals surface area contributed by atoms with Crippen LogP contribution in [-0.4, -0.2) is 14.5 Å². The highest BCUT2D eigenvalue weighted by Crippen LogP contribution is 2.36. The zero-order valence-electron chi connectivity index (χ0n) is 13.8. The predicted molar refractivity (Wildman–Crippen MR) is 104 cm³/mol. The van der Waals surface area contributed by atoms with E-state index in [1.165, 1.54) is 0 Å². The number of rotatable bonds is 1. The summed E-state index contributed by atoms with van der Waals surface area (Å²) in [5.41, 5.74) is 3.95. The van der Waals surface area contributed by atoms with Gasteiger partial charge in [-0.1, -0.05) is 36.4 Å². The molecule has 0 saturated heterocycles. The van der Waals surface area contributed by atoms with Crippen molar-refractivity contribution in [3.05, 3.63) is 79.2 Å². The second-order valence-electron chi connectivity index (χ2n) is 6.38. The largest absolute Gasteiger partial charge is 0.464 e. The smallest absolute Gasteiger partial charge is 0.235 e. The summed E-state index contributed by atoms with van der Waals surface area (Å²) < 4.78 is 7.91. The Morgan fingerprint density at radius 1 is 0.769 bits per heavy atom. The summed E-state index contributed by atoms with van der Waals surface area (Å²) in [6.07, 6.45) is 3.62. The zero-order valence-corrected chi connectivity index (χ0v) is 13.8. The van der Waals surface area contributed by atoms with Crippen LogP contribution in [0.3, 0.4) is 0 Å². The lowest BCUT2D eigenvalue weighted by Gasteiger charge is -2.06. The number of furan rings is 1. The van der Waals surface area contributed by atoms with Crippen LogP contribution in [0, 0.1) is 0 Å². The van der Waals surface area contributed by atoms with Crippen molar-refractivity contribution in [3.63, 3.8) is 0 Å². The molecule has 0 fully saturated rings. The molecule has 0 saturated carbocycles. The van der Waals surface area contributed by atoms with Gasteiger partial charge in [-0.05, 0) is 30.3 Å². The van der Waals surface area contributed by atoms with Gasteiger partial charge in [0, 0.05) is 22.4 Å². The third-order valence-electron chi connectivity index (χ3n) is 4.93. The minimum absolute atomic E-state index is 0.667. The molecule has 0 unspecified atom stereocenters. The van der Waals surface area contributed by atoms with Gasteiger partial charge in [-0.25, -0.2) is 9.97 Å². The molecule has 0 aliphatic carbocycles. The van der Waals surface area contributed by atoms with E-state index in [0.29, 0.717) is 5.95 Å². The normalized spacial score (nSPS) is 11.8. The molecule has 3 heterocycles. The molecule has 0 radical (unpaired) electrons. The van der Waals surface area contributed by atoms with Crippen molar-refractivity contribution < 1.29 is 4.42 Å². The molecule has 0 spiro atoms. The molecular formula is C22H13N3O. The molecule has 122 valence electrons. The van der Waals surface area contributed by atoms with Crippen molar-refractivity contribution in [2.75, 3.05) is 0 Å². The topological polar surface area (TPSA) is 43.9 Å². The Kier molecular flexibility index (Phi) is 2.58. The Labute approximate surface area is 148 Å². The van der Waals surface area contributed by atoms with Crippen LogP contribution in [0.25, 0.3) is 49.6 Å². The summed E-state index contributed by atoms with van der Waals surface area (Å²) in [6.45, 7) is 0. The van der Waals surface area contributed by atoms with Gasteiger partial charge in [-0.2, -0.15) is 0 Å². The summed E-state index contributed by atoms with van der Waals surface area (Å²) in [5, 5.41) is 4.37. The summed E-state index contributed by atoms with van der Waals surface area (Å²) in [5.74, 6) is 0.667. The number of fused-ring (bicyclic) bond motifs is 6. The maximum atomic E-state index is 5.80. The Balaban J connectivity index is 1.81. The second-order valence-corrected chi connectivity index (χ2v) is 6.38. The van der Waals surface area contributed by atoms with Crippen LogP contribution < -0.4 is 0 Å². The van der Waals surface area contributed by atoms with E-state index in [9.17, 15) is 0 Å². The molecule has 3 aromatic heterocycles. The molecule has 6 rings (SSSR count). The fraction of sp³-hybridized carbons (Fsp3) is 0. The van der Waals surface area contributed by atoms with E-state index >= 15 is 0 Å². The van der Waals surface area contributed by atoms with Crippen molar-refractivity contribution >= 4 is 43.7 Å². The molecule has 0 N–H and O–H groups in total. The number of para-hydroxylation sites is 2. The number of nitrogens with zero attached hydrogens (tertiary/aromatic N) is 3. The first-order chi connectivity index (χ1) is 12.9. The van der Waals surface area contributed by atoms with Gasteiger partial charge in [0.1, 0.15) is 5.58 Å². The standard InChI is InChI=1S/C22H13N3O/c1-3-7-17-15(5-1)13-23-22(24-17)25-18-8-4-2-6-16(18)20-19(25)10-9-14-11-12-26-21(14)20/h1-13H. The maximum absolute atomic E-state index is 5.80. The van der Waals surface area contributed by atoms with Crippen molar-refractivity contribution in [1.82, 2.24) is 14.5 Å². The lowest BCUT2D eigenvalue weighted by Crippen LogP contribution is -2.00. The lowest BCUT2D eigenvalue weighted by molar-refractivity contribution is 0.619. The average Bonchev–Trinajstić information content (AvgIpc) is 3.29. The Bertz CT molecular complexity index is 1440. The van der Waals surface area contributed by atoms with Crippen molar-refractivity contribution in [1.29, 1.82) is 0 Å². The van der Waals surface area contributed by atoms with Crippen LogP contribution in [-0.2, 0) is 0 Å². The van der Waals surface area contributed by atoms with Gasteiger partial charge in [0.25, 0.3) is 0 Å². The van der Waals surface area contributed by atoms with Crippen LogP contribution in [0.2, 0.25) is 0 Å². The Morgan fingerprint density at radius 2 is 1.65 bits per heavy atom. The molecule has 0 aliphatic heterocycles. The van der Waals surface area contributed by atoms with Crippen LogP contribution in [0.4, 0.5) is 0 Å². The third kappa shape index (κ3) is 1.73. The summed E-state index contributed by atoms with van der Waals surface area (Å²) in [7, 11) is 0. The number of benzene rings is 3. The minimum atomic E-state index is 0.667. The highest BCUT2D eigenvalue weighted by atomic mass is 16.3. The van der Waals surface area contributed by atoms with E-state index in [1.807, 2.05) is 42.6 Å². The Morgan fingerprint density at radius 3 is 2.65 bits per heavy atom. The number of hydrogen-bond donors (Lipinski definition) is 0. The molecule has 26 heavy (non-hydrogen) atoms.